The van der Waals surface area contributed by atoms with Gasteiger partial charge in [0.2, 0.25) is 0 Å². The predicted octanol–water partition coefficient (Wildman–Crippen LogP) is 9.41. The van der Waals surface area contributed by atoms with Crippen LogP contribution in [-0.2, 0) is 24.2 Å². The van der Waals surface area contributed by atoms with Crippen LogP contribution in [0.4, 0.5) is 23.2 Å². The first-order valence-electron chi connectivity index (χ1n) is 14.3. The van der Waals surface area contributed by atoms with E-state index in [1.807, 2.05) is 39.0 Å². The molecule has 5 nitrogen and oxygen atoms in total. The third-order valence-electron chi connectivity index (χ3n) is 7.49. The van der Waals surface area contributed by atoms with Gasteiger partial charge < -0.3 is 15.7 Å². The molecule has 0 aromatic heterocycles. The SMILES string of the molecule is Cc1cc(CF)ccc1-c1ccc(NCc2c(-c3ccc(C(=O)NCCC(=O)O)cc3)cc(C(F)(F)F)cc2C(C)C)cc1Cl. The summed E-state index contributed by atoms with van der Waals surface area (Å²) in [6, 6.07) is 19.2. The molecule has 3 N–H and O–H groups in total. The molecule has 0 aliphatic carbocycles. The van der Waals surface area contributed by atoms with Crippen LogP contribution < -0.4 is 10.6 Å². The predicted molar refractivity (Wildman–Crippen MR) is 169 cm³/mol. The van der Waals surface area contributed by atoms with Crippen molar-refractivity contribution in [2.75, 3.05) is 11.9 Å². The molecule has 0 aliphatic heterocycles. The molecule has 10 heteroatoms. The number of benzene rings is 4. The Morgan fingerprint density at radius 2 is 1.60 bits per heavy atom. The van der Waals surface area contributed by atoms with Crippen LogP contribution in [0.15, 0.2) is 72.8 Å². The van der Waals surface area contributed by atoms with Crippen LogP contribution in [0.3, 0.4) is 0 Å². The van der Waals surface area contributed by atoms with Gasteiger partial charge in [-0.3, -0.25) is 9.59 Å². The lowest BCUT2D eigenvalue weighted by atomic mass is 9.87. The van der Waals surface area contributed by atoms with E-state index in [1.54, 1.807) is 30.3 Å². The van der Waals surface area contributed by atoms with E-state index in [1.165, 1.54) is 18.2 Å². The van der Waals surface area contributed by atoms with Crippen LogP contribution >= 0.6 is 11.6 Å². The Hall–Kier alpha value is -4.37. The standard InChI is InChI=1S/C35H33ClF4N2O3/c1-20(2)29-15-25(35(38,39)40)16-30(23-5-7-24(8-6-23)34(45)41-13-12-33(43)44)31(29)19-42-26-9-11-28(32(36)17-26)27-10-4-22(18-37)14-21(27)3/h4-11,14-17,20,42H,12-13,18-19H2,1-3H3,(H,41,45)(H,43,44). The number of aliphatic carboxylic acids is 1. The number of nitrogens with one attached hydrogen (secondary N) is 2. The minimum Gasteiger partial charge on any atom is -0.481 e. The first kappa shape index (κ1) is 33.5. The zero-order valence-electron chi connectivity index (χ0n) is 25.0. The Bertz CT molecular complexity index is 1700. The van der Waals surface area contributed by atoms with Gasteiger partial charge in [-0.05, 0) is 88.2 Å². The van der Waals surface area contributed by atoms with Crippen molar-refractivity contribution in [1.82, 2.24) is 5.32 Å². The first-order chi connectivity index (χ1) is 21.3. The highest BCUT2D eigenvalue weighted by Crippen LogP contribution is 2.39. The molecular formula is C35H33ClF4N2O3. The molecule has 236 valence electrons. The number of rotatable bonds is 11. The van der Waals surface area contributed by atoms with E-state index in [-0.39, 0.29) is 31.0 Å². The fraction of sp³-hybridized carbons (Fsp3) is 0.257. The quantitative estimate of drug-likeness (QED) is 0.143. The van der Waals surface area contributed by atoms with Gasteiger partial charge >= 0.3 is 12.1 Å². The van der Waals surface area contributed by atoms with E-state index >= 15 is 0 Å². The number of anilines is 1. The summed E-state index contributed by atoms with van der Waals surface area (Å²) in [6.45, 7) is 5.13. The van der Waals surface area contributed by atoms with Crippen LogP contribution in [0.25, 0.3) is 22.3 Å². The number of alkyl halides is 4. The first-order valence-corrected chi connectivity index (χ1v) is 14.7. The monoisotopic (exact) mass is 640 g/mol. The lowest BCUT2D eigenvalue weighted by Crippen LogP contribution is -2.25. The molecular weight excluding hydrogens is 608 g/mol. The third-order valence-corrected chi connectivity index (χ3v) is 7.80. The van der Waals surface area contributed by atoms with Gasteiger partial charge in [-0.2, -0.15) is 13.2 Å². The molecule has 0 bridgehead atoms. The third kappa shape index (κ3) is 8.22. The second kappa shape index (κ2) is 14.2. The molecule has 0 saturated heterocycles. The Kier molecular flexibility index (Phi) is 10.5. The summed E-state index contributed by atoms with van der Waals surface area (Å²) in [4.78, 5) is 23.2. The lowest BCUT2D eigenvalue weighted by Gasteiger charge is -2.22. The van der Waals surface area contributed by atoms with Crippen molar-refractivity contribution in [1.29, 1.82) is 0 Å². The molecule has 45 heavy (non-hydrogen) atoms. The van der Waals surface area contributed by atoms with E-state index in [0.717, 1.165) is 22.8 Å². The van der Waals surface area contributed by atoms with Crippen molar-refractivity contribution in [3.05, 3.63) is 111 Å². The van der Waals surface area contributed by atoms with E-state index in [0.29, 0.717) is 38.5 Å². The topological polar surface area (TPSA) is 78.4 Å². The molecule has 0 unspecified atom stereocenters. The molecule has 4 rings (SSSR count). The van der Waals surface area contributed by atoms with E-state index in [9.17, 15) is 27.2 Å². The average molecular weight is 641 g/mol. The lowest BCUT2D eigenvalue weighted by molar-refractivity contribution is -0.138. The Morgan fingerprint density at radius 3 is 2.18 bits per heavy atom. The number of carboxylic acids is 1. The second-order valence-corrected chi connectivity index (χ2v) is 11.5. The number of carbonyl (C=O) groups excluding carboxylic acids is 1. The number of hydrogen-bond acceptors (Lipinski definition) is 3. The number of aryl methyl sites for hydroxylation is 1. The van der Waals surface area contributed by atoms with Crippen molar-refractivity contribution >= 4 is 29.2 Å². The Labute approximate surface area is 264 Å². The molecule has 1 amide bonds. The van der Waals surface area contributed by atoms with Gasteiger partial charge in [0.25, 0.3) is 5.91 Å². The summed E-state index contributed by atoms with van der Waals surface area (Å²) < 4.78 is 55.1. The number of hydrogen-bond donors (Lipinski definition) is 3. The summed E-state index contributed by atoms with van der Waals surface area (Å²) in [6.07, 6.45) is -4.80. The zero-order chi connectivity index (χ0) is 32.9. The molecule has 4 aromatic carbocycles. The molecule has 0 fully saturated rings. The Balaban J connectivity index is 1.67. The average Bonchev–Trinajstić information content (AvgIpc) is 2.99. The molecule has 0 radical (unpaired) electrons. The number of carbonyl (C=O) groups is 2. The highest BCUT2D eigenvalue weighted by molar-refractivity contribution is 6.33. The van der Waals surface area contributed by atoms with Crippen molar-refractivity contribution in [2.45, 2.75) is 52.5 Å². The van der Waals surface area contributed by atoms with Crippen molar-refractivity contribution in [3.8, 4) is 22.3 Å². The van der Waals surface area contributed by atoms with Gasteiger partial charge in [0.15, 0.2) is 0 Å². The van der Waals surface area contributed by atoms with Crippen LogP contribution in [0.1, 0.15) is 64.4 Å². The smallest absolute Gasteiger partial charge is 0.416 e. The fourth-order valence-corrected chi connectivity index (χ4v) is 5.44. The van der Waals surface area contributed by atoms with Gasteiger partial charge in [0, 0.05) is 29.9 Å². The summed E-state index contributed by atoms with van der Waals surface area (Å²) in [5, 5.41) is 15.1. The van der Waals surface area contributed by atoms with E-state index < -0.39 is 30.3 Å². The molecule has 4 aromatic rings. The maximum Gasteiger partial charge on any atom is 0.416 e. The van der Waals surface area contributed by atoms with Crippen LogP contribution in [0.5, 0.6) is 0 Å². The maximum absolute atomic E-state index is 14.0. The van der Waals surface area contributed by atoms with Crippen molar-refractivity contribution < 1.29 is 32.3 Å². The summed E-state index contributed by atoms with van der Waals surface area (Å²) in [5.41, 5.74) is 5.28. The number of halogens is 5. The van der Waals surface area contributed by atoms with Gasteiger partial charge in [-0.15, -0.1) is 0 Å². The number of carboxylic acid groups (broad SMARTS) is 1. The van der Waals surface area contributed by atoms with Crippen LogP contribution in [0.2, 0.25) is 5.02 Å². The second-order valence-electron chi connectivity index (χ2n) is 11.1. The van der Waals surface area contributed by atoms with E-state index in [4.69, 9.17) is 16.7 Å². The summed E-state index contributed by atoms with van der Waals surface area (Å²) in [7, 11) is 0. The Morgan fingerprint density at radius 1 is 0.911 bits per heavy atom. The molecule has 0 aliphatic rings. The zero-order valence-corrected chi connectivity index (χ0v) is 25.7. The van der Waals surface area contributed by atoms with Crippen molar-refractivity contribution in [2.24, 2.45) is 0 Å². The van der Waals surface area contributed by atoms with Gasteiger partial charge in [-0.1, -0.05) is 61.8 Å². The van der Waals surface area contributed by atoms with Crippen LogP contribution in [0, 0.1) is 6.92 Å². The van der Waals surface area contributed by atoms with Gasteiger partial charge in [-0.25, -0.2) is 4.39 Å². The highest BCUT2D eigenvalue weighted by atomic mass is 35.5. The van der Waals surface area contributed by atoms with Crippen LogP contribution in [-0.4, -0.2) is 23.5 Å². The van der Waals surface area contributed by atoms with Gasteiger partial charge in [0.05, 0.1) is 17.0 Å². The molecule has 0 heterocycles. The summed E-state index contributed by atoms with van der Waals surface area (Å²) in [5.74, 6) is -1.76. The van der Waals surface area contributed by atoms with E-state index in [2.05, 4.69) is 10.6 Å². The minimum atomic E-state index is -4.57. The normalized spacial score (nSPS) is 11.5. The molecule has 0 spiro atoms. The molecule has 0 atom stereocenters. The van der Waals surface area contributed by atoms with Gasteiger partial charge in [0.1, 0.15) is 6.67 Å². The maximum atomic E-state index is 14.0. The molecule has 0 saturated carbocycles. The number of amides is 1. The summed E-state index contributed by atoms with van der Waals surface area (Å²) >= 11 is 6.66. The highest BCUT2D eigenvalue weighted by Gasteiger charge is 2.33. The fourth-order valence-electron chi connectivity index (χ4n) is 5.16. The largest absolute Gasteiger partial charge is 0.481 e. The minimum absolute atomic E-state index is 0.0485. The van der Waals surface area contributed by atoms with Crippen molar-refractivity contribution in [3.63, 3.8) is 0 Å².